The summed E-state index contributed by atoms with van der Waals surface area (Å²) >= 11 is 4.88. The van der Waals surface area contributed by atoms with E-state index in [1.807, 2.05) is 49.4 Å². The number of carbonyl (C=O) groups is 1. The molecule has 0 saturated heterocycles. The normalized spacial score (nSPS) is 12.2. The molecule has 1 heterocycles. The first kappa shape index (κ1) is 21.7. The Labute approximate surface area is 182 Å². The van der Waals surface area contributed by atoms with Gasteiger partial charge in [0.05, 0.1) is 23.6 Å². The molecule has 3 aromatic rings. The van der Waals surface area contributed by atoms with E-state index in [1.165, 1.54) is 11.8 Å². The Morgan fingerprint density at radius 2 is 1.93 bits per heavy atom. The van der Waals surface area contributed by atoms with E-state index in [9.17, 15) is 9.59 Å². The average molecular weight is 475 g/mol. The molecule has 0 radical (unpaired) electrons. The molecule has 29 heavy (non-hydrogen) atoms. The highest BCUT2D eigenvalue weighted by Crippen LogP contribution is 2.23. The van der Waals surface area contributed by atoms with Crippen molar-refractivity contribution in [3.05, 3.63) is 68.9 Å². The zero-order valence-electron chi connectivity index (χ0n) is 16.4. The predicted octanol–water partition coefficient (Wildman–Crippen LogP) is 5.12. The molecule has 1 aromatic heterocycles. The molecule has 0 N–H and O–H groups in total. The van der Waals surface area contributed by atoms with E-state index in [0.717, 1.165) is 4.47 Å². The monoisotopic (exact) mass is 474 g/mol. The quantitative estimate of drug-likeness (QED) is 0.186. The Morgan fingerprint density at radius 1 is 1.21 bits per heavy atom. The highest BCUT2D eigenvalue weighted by molar-refractivity contribution is 9.10. The van der Waals surface area contributed by atoms with Crippen molar-refractivity contribution in [3.8, 4) is 0 Å². The number of fused-ring (bicyclic) bond motifs is 1. The van der Waals surface area contributed by atoms with Crippen LogP contribution < -0.4 is 5.56 Å². The van der Waals surface area contributed by atoms with Crippen LogP contribution in [0.1, 0.15) is 36.2 Å². The smallest absolute Gasteiger partial charge is 0.262 e. The Hall–Kier alpha value is -1.96. The van der Waals surface area contributed by atoms with E-state index in [-0.39, 0.29) is 17.4 Å². The van der Waals surface area contributed by atoms with Crippen LogP contribution in [0.4, 0.5) is 0 Å². The number of hydrogen-bond acceptors (Lipinski definition) is 5. The van der Waals surface area contributed by atoms with Crippen molar-refractivity contribution in [2.45, 2.75) is 31.0 Å². The van der Waals surface area contributed by atoms with Gasteiger partial charge in [0.1, 0.15) is 0 Å². The summed E-state index contributed by atoms with van der Waals surface area (Å²) in [5.41, 5.74) is 1.34. The van der Waals surface area contributed by atoms with Crippen molar-refractivity contribution in [1.82, 2.24) is 9.55 Å². The van der Waals surface area contributed by atoms with E-state index < -0.39 is 0 Å². The van der Waals surface area contributed by atoms with Gasteiger partial charge < -0.3 is 4.74 Å². The lowest BCUT2D eigenvalue weighted by Gasteiger charge is -2.18. The van der Waals surface area contributed by atoms with Crippen molar-refractivity contribution in [2.24, 2.45) is 0 Å². The third-order valence-electron chi connectivity index (χ3n) is 4.57. The van der Waals surface area contributed by atoms with Gasteiger partial charge in [-0.1, -0.05) is 52.0 Å². The van der Waals surface area contributed by atoms with Crippen molar-refractivity contribution in [2.75, 3.05) is 19.5 Å². The largest absolute Gasteiger partial charge is 0.383 e. The second kappa shape index (κ2) is 10.2. The van der Waals surface area contributed by atoms with Gasteiger partial charge in [-0.05, 0) is 37.6 Å². The highest BCUT2D eigenvalue weighted by atomic mass is 79.9. The maximum atomic E-state index is 13.0. The molecule has 7 heteroatoms. The number of rotatable bonds is 9. The van der Waals surface area contributed by atoms with E-state index in [1.54, 1.807) is 17.7 Å². The minimum Gasteiger partial charge on any atom is -0.383 e. The average Bonchev–Trinajstić information content (AvgIpc) is 2.72. The number of thioether (sulfide) groups is 1. The Kier molecular flexibility index (Phi) is 7.64. The summed E-state index contributed by atoms with van der Waals surface area (Å²) in [6, 6.07) is 14.6. The summed E-state index contributed by atoms with van der Waals surface area (Å²) in [5, 5.41) is 1.26. The lowest BCUT2D eigenvalue weighted by atomic mass is 10.1. The summed E-state index contributed by atoms with van der Waals surface area (Å²) in [6.07, 6.45) is 1.17. The van der Waals surface area contributed by atoms with Crippen LogP contribution in [-0.4, -0.2) is 34.8 Å². The summed E-state index contributed by atoms with van der Waals surface area (Å²) in [4.78, 5) is 30.1. The standard InChI is InChI=1S/C22H23BrN2O3S/c1-15(14-28-2)25-21(27)18-6-3-4-7-19(18)24-22(25)29-13-5-8-20(26)16-9-11-17(23)12-10-16/h3-4,6-7,9-12,15H,5,8,13-14H2,1-2H3. The third-order valence-corrected chi connectivity index (χ3v) is 6.14. The summed E-state index contributed by atoms with van der Waals surface area (Å²) in [7, 11) is 1.62. The molecule has 1 unspecified atom stereocenters. The van der Waals surface area contributed by atoms with Crippen molar-refractivity contribution in [3.63, 3.8) is 0 Å². The first-order valence-electron chi connectivity index (χ1n) is 9.43. The van der Waals surface area contributed by atoms with Crippen LogP contribution in [0.2, 0.25) is 0 Å². The fraction of sp³-hybridized carbons (Fsp3) is 0.318. The SMILES string of the molecule is COCC(C)n1c(SCCCC(=O)c2ccc(Br)cc2)nc2ccccc2c1=O. The summed E-state index contributed by atoms with van der Waals surface area (Å²) < 4.78 is 7.91. The second-order valence-corrected chi connectivity index (χ2v) is 8.75. The molecular formula is C22H23BrN2O3S. The molecule has 0 aliphatic heterocycles. The molecule has 0 bridgehead atoms. The number of ether oxygens (including phenoxy) is 1. The van der Waals surface area contributed by atoms with Gasteiger partial charge in [-0.3, -0.25) is 14.2 Å². The maximum absolute atomic E-state index is 13.0. The van der Waals surface area contributed by atoms with Gasteiger partial charge in [0.25, 0.3) is 5.56 Å². The first-order chi connectivity index (χ1) is 14.0. The fourth-order valence-electron chi connectivity index (χ4n) is 3.11. The maximum Gasteiger partial charge on any atom is 0.262 e. The molecule has 0 aliphatic carbocycles. The molecule has 0 fully saturated rings. The number of nitrogens with zero attached hydrogens (tertiary/aromatic N) is 2. The lowest BCUT2D eigenvalue weighted by molar-refractivity contribution is 0.0982. The van der Waals surface area contributed by atoms with Gasteiger partial charge in [-0.15, -0.1) is 0 Å². The molecule has 5 nitrogen and oxygen atoms in total. The number of ketones is 1. The van der Waals surface area contributed by atoms with Gasteiger partial charge in [0, 0.05) is 29.3 Å². The summed E-state index contributed by atoms with van der Waals surface area (Å²) in [5.74, 6) is 0.821. The predicted molar refractivity (Wildman–Crippen MR) is 121 cm³/mol. The van der Waals surface area contributed by atoms with Crippen LogP contribution in [0.25, 0.3) is 10.9 Å². The molecule has 0 saturated carbocycles. The first-order valence-corrected chi connectivity index (χ1v) is 11.2. The number of carbonyl (C=O) groups excluding carboxylic acids is 1. The third kappa shape index (κ3) is 5.35. The van der Waals surface area contributed by atoms with Gasteiger partial charge in [-0.2, -0.15) is 0 Å². The van der Waals surface area contributed by atoms with Crippen LogP contribution in [-0.2, 0) is 4.74 Å². The number of hydrogen-bond donors (Lipinski definition) is 0. The fourth-order valence-corrected chi connectivity index (χ4v) is 4.41. The number of aromatic nitrogens is 2. The second-order valence-electron chi connectivity index (χ2n) is 6.77. The van der Waals surface area contributed by atoms with Crippen molar-refractivity contribution < 1.29 is 9.53 Å². The lowest BCUT2D eigenvalue weighted by Crippen LogP contribution is -2.28. The minimum atomic E-state index is -0.128. The van der Waals surface area contributed by atoms with Crippen LogP contribution in [0, 0.1) is 0 Å². The van der Waals surface area contributed by atoms with E-state index in [4.69, 9.17) is 9.72 Å². The van der Waals surface area contributed by atoms with Crippen molar-refractivity contribution >= 4 is 44.4 Å². The van der Waals surface area contributed by atoms with E-state index in [0.29, 0.717) is 46.8 Å². The molecule has 152 valence electrons. The number of para-hydroxylation sites is 1. The Morgan fingerprint density at radius 3 is 2.66 bits per heavy atom. The Bertz CT molecular complexity index is 1050. The molecule has 2 aromatic carbocycles. The molecule has 1 atom stereocenters. The molecule has 3 rings (SSSR count). The Balaban J connectivity index is 1.73. The van der Waals surface area contributed by atoms with Gasteiger partial charge >= 0.3 is 0 Å². The number of Topliss-reactive ketones (excluding diaryl/α,β-unsaturated/α-hetero) is 1. The van der Waals surface area contributed by atoms with Gasteiger partial charge in [-0.25, -0.2) is 4.98 Å². The molecule has 0 spiro atoms. The molecule has 0 amide bonds. The zero-order chi connectivity index (χ0) is 20.8. The molecule has 0 aliphatic rings. The van der Waals surface area contributed by atoms with Crippen molar-refractivity contribution in [1.29, 1.82) is 0 Å². The van der Waals surface area contributed by atoms with E-state index >= 15 is 0 Å². The van der Waals surface area contributed by atoms with Crippen LogP contribution in [0.3, 0.4) is 0 Å². The van der Waals surface area contributed by atoms with E-state index in [2.05, 4.69) is 15.9 Å². The zero-order valence-corrected chi connectivity index (χ0v) is 18.8. The summed E-state index contributed by atoms with van der Waals surface area (Å²) in [6.45, 7) is 2.37. The van der Waals surface area contributed by atoms with Crippen LogP contribution in [0.15, 0.2) is 63.0 Å². The van der Waals surface area contributed by atoms with Gasteiger partial charge in [0.2, 0.25) is 0 Å². The highest BCUT2D eigenvalue weighted by Gasteiger charge is 2.16. The minimum absolute atomic E-state index is 0.0615. The molecular weight excluding hydrogens is 452 g/mol. The van der Waals surface area contributed by atoms with Crippen LogP contribution >= 0.6 is 27.7 Å². The van der Waals surface area contributed by atoms with Crippen LogP contribution in [0.5, 0.6) is 0 Å². The number of methoxy groups -OCH3 is 1. The number of benzene rings is 2. The van der Waals surface area contributed by atoms with Gasteiger partial charge in [0.15, 0.2) is 10.9 Å². The number of halogens is 1. The topological polar surface area (TPSA) is 61.2 Å².